The van der Waals surface area contributed by atoms with E-state index in [2.05, 4.69) is 110 Å². The third-order valence-corrected chi connectivity index (χ3v) is 10.8. The van der Waals surface area contributed by atoms with E-state index in [1.165, 1.54) is 15.9 Å². The van der Waals surface area contributed by atoms with Gasteiger partial charge < -0.3 is 5.32 Å². The highest BCUT2D eigenvalue weighted by Gasteiger charge is 2.61. The number of carbonyl (C=O) groups excluding carboxylic acids is 1. The molecule has 1 amide bonds. The van der Waals surface area contributed by atoms with Gasteiger partial charge in [0.25, 0.3) is 0 Å². The summed E-state index contributed by atoms with van der Waals surface area (Å²) in [5.41, 5.74) is 0. The Bertz CT molecular complexity index is 749. The highest BCUT2D eigenvalue weighted by molar-refractivity contribution is 7.96. The minimum atomic E-state index is -2.15. The quantitative estimate of drug-likeness (QED) is 0.462. The molecule has 0 bridgehead atoms. The molecule has 0 aromatic heterocycles. The first-order valence-corrected chi connectivity index (χ1v) is 11.3. The fourth-order valence-electron chi connectivity index (χ4n) is 4.28. The van der Waals surface area contributed by atoms with Crippen molar-refractivity contribution >= 4 is 29.6 Å². The van der Waals surface area contributed by atoms with E-state index >= 15 is 0 Å². The molecule has 138 valence electrons. The Kier molecular flexibility index (Phi) is 6.08. The number of hydrogen-bond acceptors (Lipinski definition) is 1. The molecule has 0 saturated heterocycles. The monoisotopic (exact) mass is 376 g/mol. The van der Waals surface area contributed by atoms with Gasteiger partial charge in [0.05, 0.1) is 0 Å². The number of amides is 1. The summed E-state index contributed by atoms with van der Waals surface area (Å²) in [6.45, 7) is 4.37. The third kappa shape index (κ3) is 3.19. The molecular weight excluding hydrogens is 349 g/mol. The topological polar surface area (TPSA) is 29.1 Å². The van der Waals surface area contributed by atoms with Crippen molar-refractivity contribution in [3.8, 4) is 0 Å². The van der Waals surface area contributed by atoms with Crippen LogP contribution in [0.2, 0.25) is 0 Å². The SMILES string of the molecule is CCC(CC)(NC=O)[P+](c1ccccc1)(c1ccccc1)c1ccccc1. The van der Waals surface area contributed by atoms with E-state index in [0.29, 0.717) is 0 Å². The van der Waals surface area contributed by atoms with Crippen LogP contribution < -0.4 is 21.2 Å². The van der Waals surface area contributed by atoms with Gasteiger partial charge in [-0.15, -0.1) is 0 Å². The minimum absolute atomic E-state index is 0.348. The van der Waals surface area contributed by atoms with Crippen molar-refractivity contribution in [2.45, 2.75) is 32.0 Å². The van der Waals surface area contributed by atoms with Crippen molar-refractivity contribution in [3.63, 3.8) is 0 Å². The van der Waals surface area contributed by atoms with Crippen LogP contribution in [0, 0.1) is 0 Å². The molecule has 0 unspecified atom stereocenters. The molecule has 3 aromatic rings. The summed E-state index contributed by atoms with van der Waals surface area (Å²) in [5.74, 6) is 0. The van der Waals surface area contributed by atoms with Crippen LogP contribution in [0.5, 0.6) is 0 Å². The minimum Gasteiger partial charge on any atom is -0.321 e. The van der Waals surface area contributed by atoms with Gasteiger partial charge in [-0.1, -0.05) is 68.4 Å². The molecule has 27 heavy (non-hydrogen) atoms. The van der Waals surface area contributed by atoms with Gasteiger partial charge in [-0.2, -0.15) is 0 Å². The van der Waals surface area contributed by atoms with Gasteiger partial charge in [0.2, 0.25) is 6.41 Å². The maximum atomic E-state index is 11.8. The second kappa shape index (κ2) is 8.50. The zero-order valence-corrected chi connectivity index (χ0v) is 16.9. The normalized spacial score (nSPS) is 11.8. The zero-order chi connectivity index (χ0) is 19.2. The van der Waals surface area contributed by atoms with E-state index in [9.17, 15) is 4.79 Å². The summed E-state index contributed by atoms with van der Waals surface area (Å²) >= 11 is 0. The summed E-state index contributed by atoms with van der Waals surface area (Å²) in [4.78, 5) is 11.8. The van der Waals surface area contributed by atoms with Gasteiger partial charge in [0.15, 0.2) is 5.28 Å². The van der Waals surface area contributed by atoms with Gasteiger partial charge >= 0.3 is 0 Å². The van der Waals surface area contributed by atoms with Crippen molar-refractivity contribution in [3.05, 3.63) is 91.0 Å². The molecule has 3 rings (SSSR count). The van der Waals surface area contributed by atoms with Crippen LogP contribution in [0.3, 0.4) is 0 Å². The first kappa shape index (κ1) is 19.3. The van der Waals surface area contributed by atoms with Gasteiger partial charge in [0.1, 0.15) is 23.2 Å². The second-order valence-corrected chi connectivity index (χ2v) is 10.4. The summed E-state index contributed by atoms with van der Waals surface area (Å²) < 4.78 is 0. The summed E-state index contributed by atoms with van der Waals surface area (Å²) in [5, 5.41) is 6.83. The lowest BCUT2D eigenvalue weighted by Crippen LogP contribution is -2.55. The van der Waals surface area contributed by atoms with E-state index < -0.39 is 7.26 Å². The average Bonchev–Trinajstić information content (AvgIpc) is 2.76. The van der Waals surface area contributed by atoms with Gasteiger partial charge in [-0.05, 0) is 36.4 Å². The van der Waals surface area contributed by atoms with Crippen LogP contribution in [0.4, 0.5) is 0 Å². The standard InChI is InChI=1S/C24H26NOP/c1-3-24(4-2,25-20-26)27(21-14-8-5-9-15-21,22-16-10-6-11-17-22)23-18-12-7-13-19-23/h5-20H,3-4H2,1-2H3/p+1. The van der Waals surface area contributed by atoms with E-state index in [0.717, 1.165) is 19.3 Å². The Morgan fingerprint density at radius 3 is 1.30 bits per heavy atom. The zero-order valence-electron chi connectivity index (χ0n) is 16.0. The Morgan fingerprint density at radius 2 is 1.04 bits per heavy atom. The van der Waals surface area contributed by atoms with Crippen LogP contribution in [-0.2, 0) is 4.79 Å². The van der Waals surface area contributed by atoms with E-state index in [1.807, 2.05) is 0 Å². The first-order valence-electron chi connectivity index (χ1n) is 9.52. The lowest BCUT2D eigenvalue weighted by molar-refractivity contribution is -0.110. The summed E-state index contributed by atoms with van der Waals surface area (Å²) in [7, 11) is -2.15. The van der Waals surface area contributed by atoms with Gasteiger partial charge in [0, 0.05) is 12.8 Å². The smallest absolute Gasteiger partial charge is 0.210 e. The Balaban J connectivity index is 2.48. The molecule has 3 aromatic carbocycles. The largest absolute Gasteiger partial charge is 0.321 e. The highest BCUT2D eigenvalue weighted by Crippen LogP contribution is 2.66. The van der Waals surface area contributed by atoms with Crippen LogP contribution in [0.25, 0.3) is 0 Å². The first-order chi connectivity index (χ1) is 13.2. The number of hydrogen-bond donors (Lipinski definition) is 1. The molecule has 0 fully saturated rings. The molecule has 0 aliphatic rings. The van der Waals surface area contributed by atoms with Crippen molar-refractivity contribution in [2.75, 3.05) is 0 Å². The molecule has 0 heterocycles. The molecule has 0 aliphatic carbocycles. The van der Waals surface area contributed by atoms with Crippen LogP contribution in [0.15, 0.2) is 91.0 Å². The Labute approximate surface area is 163 Å². The van der Waals surface area contributed by atoms with Crippen molar-refractivity contribution < 1.29 is 4.79 Å². The fourth-order valence-corrected chi connectivity index (χ4v) is 9.71. The van der Waals surface area contributed by atoms with E-state index in [4.69, 9.17) is 0 Å². The van der Waals surface area contributed by atoms with Crippen LogP contribution >= 0.6 is 7.26 Å². The molecule has 0 atom stereocenters. The third-order valence-electron chi connectivity index (χ3n) is 5.57. The predicted molar refractivity (Wildman–Crippen MR) is 118 cm³/mol. The Hall–Kier alpha value is -2.44. The van der Waals surface area contributed by atoms with E-state index in [1.54, 1.807) is 0 Å². The van der Waals surface area contributed by atoms with Crippen molar-refractivity contribution in [1.29, 1.82) is 0 Å². The molecule has 0 spiro atoms. The van der Waals surface area contributed by atoms with Crippen LogP contribution in [-0.4, -0.2) is 11.7 Å². The van der Waals surface area contributed by atoms with Gasteiger partial charge in [-0.3, -0.25) is 4.79 Å². The molecule has 0 aliphatic heterocycles. The lowest BCUT2D eigenvalue weighted by Gasteiger charge is -2.43. The summed E-state index contributed by atoms with van der Waals surface area (Å²) in [6, 6.07) is 32.1. The maximum absolute atomic E-state index is 11.8. The van der Waals surface area contributed by atoms with E-state index in [-0.39, 0.29) is 5.28 Å². The van der Waals surface area contributed by atoms with Crippen molar-refractivity contribution in [1.82, 2.24) is 5.32 Å². The summed E-state index contributed by atoms with van der Waals surface area (Å²) in [6.07, 6.45) is 2.60. The molecule has 3 heteroatoms. The number of benzene rings is 3. The molecule has 0 saturated carbocycles. The average molecular weight is 376 g/mol. The Morgan fingerprint density at radius 1 is 0.704 bits per heavy atom. The molecule has 2 nitrogen and oxygen atoms in total. The maximum Gasteiger partial charge on any atom is 0.210 e. The predicted octanol–water partition coefficient (Wildman–Crippen LogP) is 4.24. The van der Waals surface area contributed by atoms with Gasteiger partial charge in [-0.25, -0.2) is 0 Å². The lowest BCUT2D eigenvalue weighted by atomic mass is 10.1. The number of carbonyl (C=O) groups is 1. The second-order valence-electron chi connectivity index (χ2n) is 6.68. The molecule has 1 N–H and O–H groups in total. The molecular formula is C24H27NOP+. The fraction of sp³-hybridized carbons (Fsp3) is 0.208. The highest BCUT2D eigenvalue weighted by atomic mass is 31.2. The number of rotatable bonds is 8. The van der Waals surface area contributed by atoms with Crippen molar-refractivity contribution in [2.24, 2.45) is 0 Å². The molecule has 0 radical (unpaired) electrons. The van der Waals surface area contributed by atoms with Crippen LogP contribution in [0.1, 0.15) is 26.7 Å². The number of nitrogens with one attached hydrogen (secondary N) is 1.